The van der Waals surface area contributed by atoms with Crippen molar-refractivity contribution in [1.29, 1.82) is 0 Å². The number of fused-ring (bicyclic) bond motifs is 1. The van der Waals surface area contributed by atoms with Crippen molar-refractivity contribution in [2.75, 3.05) is 12.3 Å². The monoisotopic (exact) mass is 263 g/mol. The van der Waals surface area contributed by atoms with Crippen LogP contribution < -0.4 is 5.73 Å². The van der Waals surface area contributed by atoms with Crippen molar-refractivity contribution in [1.82, 2.24) is 19.5 Å². The van der Waals surface area contributed by atoms with Crippen molar-refractivity contribution in [3.05, 3.63) is 12.7 Å². The van der Waals surface area contributed by atoms with Crippen molar-refractivity contribution in [3.8, 4) is 0 Å². The Kier molecular flexibility index (Phi) is 3.08. The lowest BCUT2D eigenvalue weighted by Gasteiger charge is -2.32. The molecule has 0 radical (unpaired) electrons. The number of nitrogens with zero attached hydrogens (tertiary/aromatic N) is 4. The first-order valence-corrected chi connectivity index (χ1v) is 6.42. The minimum atomic E-state index is -0.486. The molecule has 0 amide bonds. The van der Waals surface area contributed by atoms with Crippen LogP contribution in [0.2, 0.25) is 0 Å². The molecule has 2 aromatic rings. The van der Waals surface area contributed by atoms with Crippen LogP contribution in [0.15, 0.2) is 12.7 Å². The highest BCUT2D eigenvalue weighted by Crippen LogP contribution is 2.34. The topological polar surface area (TPSA) is 110 Å². The van der Waals surface area contributed by atoms with Crippen molar-refractivity contribution in [2.24, 2.45) is 5.92 Å². The van der Waals surface area contributed by atoms with E-state index in [-0.39, 0.29) is 18.6 Å². The Balaban J connectivity index is 1.91. The van der Waals surface area contributed by atoms with Gasteiger partial charge in [0.1, 0.15) is 11.8 Å². The lowest BCUT2D eigenvalue weighted by atomic mass is 9.84. The maximum Gasteiger partial charge on any atom is 0.165 e. The second-order valence-electron chi connectivity index (χ2n) is 5.06. The lowest BCUT2D eigenvalue weighted by molar-refractivity contribution is 0.0189. The summed E-state index contributed by atoms with van der Waals surface area (Å²) in [6.07, 6.45) is 4.92. The van der Waals surface area contributed by atoms with Crippen LogP contribution in [-0.4, -0.2) is 42.4 Å². The van der Waals surface area contributed by atoms with E-state index in [4.69, 9.17) is 5.73 Å². The van der Waals surface area contributed by atoms with E-state index < -0.39 is 6.10 Å². The smallest absolute Gasteiger partial charge is 0.165 e. The van der Waals surface area contributed by atoms with E-state index in [0.717, 1.165) is 12.8 Å². The predicted octanol–water partition coefficient (Wildman–Crippen LogP) is 0.103. The molecule has 3 atom stereocenters. The molecule has 1 saturated carbocycles. The average Bonchev–Trinajstić information content (AvgIpc) is 2.84. The molecule has 2 aromatic heterocycles. The van der Waals surface area contributed by atoms with Gasteiger partial charge in [-0.05, 0) is 19.3 Å². The van der Waals surface area contributed by atoms with Gasteiger partial charge in [-0.15, -0.1) is 0 Å². The fourth-order valence-electron chi connectivity index (χ4n) is 2.79. The van der Waals surface area contributed by atoms with E-state index in [1.807, 2.05) is 4.57 Å². The highest BCUT2D eigenvalue weighted by atomic mass is 16.3. The fourth-order valence-corrected chi connectivity index (χ4v) is 2.79. The van der Waals surface area contributed by atoms with Crippen molar-refractivity contribution >= 4 is 17.0 Å². The lowest BCUT2D eigenvalue weighted by Crippen LogP contribution is -2.32. The molecule has 4 N–H and O–H groups in total. The minimum Gasteiger partial charge on any atom is -0.396 e. The summed E-state index contributed by atoms with van der Waals surface area (Å²) in [7, 11) is 0. The summed E-state index contributed by atoms with van der Waals surface area (Å²) in [5.74, 6) is 0.346. The van der Waals surface area contributed by atoms with Gasteiger partial charge in [0.15, 0.2) is 11.5 Å². The highest BCUT2D eigenvalue weighted by Gasteiger charge is 2.30. The Hall–Kier alpha value is -1.73. The molecule has 0 bridgehead atoms. The van der Waals surface area contributed by atoms with Crippen LogP contribution in [0, 0.1) is 5.92 Å². The number of aliphatic hydroxyl groups excluding tert-OH is 2. The zero-order valence-electron chi connectivity index (χ0n) is 10.5. The van der Waals surface area contributed by atoms with Gasteiger partial charge in [-0.2, -0.15) is 0 Å². The van der Waals surface area contributed by atoms with E-state index in [1.54, 1.807) is 6.33 Å². The molecule has 0 aliphatic heterocycles. The van der Waals surface area contributed by atoms with Gasteiger partial charge in [0.25, 0.3) is 0 Å². The Bertz CT molecular complexity index is 585. The summed E-state index contributed by atoms with van der Waals surface area (Å²) in [5.41, 5.74) is 7.06. The van der Waals surface area contributed by atoms with Crippen LogP contribution in [0.5, 0.6) is 0 Å². The molecule has 7 nitrogen and oxygen atoms in total. The van der Waals surface area contributed by atoms with Crippen molar-refractivity contribution < 1.29 is 10.2 Å². The molecule has 3 rings (SSSR count). The zero-order chi connectivity index (χ0) is 13.4. The van der Waals surface area contributed by atoms with E-state index in [0.29, 0.717) is 23.4 Å². The maximum atomic E-state index is 10.0. The Morgan fingerprint density at radius 3 is 2.89 bits per heavy atom. The molecule has 2 heterocycles. The van der Waals surface area contributed by atoms with Gasteiger partial charge >= 0.3 is 0 Å². The SMILES string of the molecule is Nc1ncnc2c1ncn2[C@H]1CC[C@H](CO)[C@@H](O)C1. The number of aliphatic hydroxyl groups is 2. The number of rotatable bonds is 2. The molecule has 0 saturated heterocycles. The molecule has 7 heteroatoms. The van der Waals surface area contributed by atoms with Crippen LogP contribution in [0.1, 0.15) is 25.3 Å². The van der Waals surface area contributed by atoms with Crippen molar-refractivity contribution in [2.45, 2.75) is 31.4 Å². The molecule has 0 spiro atoms. The van der Waals surface area contributed by atoms with Crippen LogP contribution in [0.25, 0.3) is 11.2 Å². The number of aromatic nitrogens is 4. The summed E-state index contributed by atoms with van der Waals surface area (Å²) in [6, 6.07) is 0.136. The van der Waals surface area contributed by atoms with E-state index in [1.165, 1.54) is 6.33 Å². The second-order valence-corrected chi connectivity index (χ2v) is 5.06. The molecule has 1 aliphatic carbocycles. The molecule has 1 aliphatic rings. The summed E-state index contributed by atoms with van der Waals surface area (Å²) in [4.78, 5) is 12.4. The first-order chi connectivity index (χ1) is 9.20. The van der Waals surface area contributed by atoms with Crippen LogP contribution in [0.3, 0.4) is 0 Å². The Morgan fingerprint density at radius 2 is 2.16 bits per heavy atom. The molecular weight excluding hydrogens is 246 g/mol. The molecule has 102 valence electrons. The highest BCUT2D eigenvalue weighted by molar-refractivity contribution is 5.81. The number of hydrogen-bond donors (Lipinski definition) is 3. The first kappa shape index (κ1) is 12.3. The third-order valence-electron chi connectivity index (χ3n) is 3.94. The van der Waals surface area contributed by atoms with Gasteiger partial charge in [0, 0.05) is 18.6 Å². The minimum absolute atomic E-state index is 0.0225. The third-order valence-corrected chi connectivity index (χ3v) is 3.94. The third kappa shape index (κ3) is 2.04. The predicted molar refractivity (Wildman–Crippen MR) is 69.2 cm³/mol. The summed E-state index contributed by atoms with van der Waals surface area (Å²) in [5, 5.41) is 19.2. The van der Waals surface area contributed by atoms with Gasteiger partial charge in [0.2, 0.25) is 0 Å². The Morgan fingerprint density at radius 1 is 1.32 bits per heavy atom. The standard InChI is InChI=1S/C12H17N5O2/c13-11-10-12(15-5-14-11)17(6-16-10)8-2-1-7(4-18)9(19)3-8/h5-9,18-19H,1-4H2,(H2,13,14,15)/t7-,8+,9+/m1/s1. The van der Waals surface area contributed by atoms with E-state index in [9.17, 15) is 10.2 Å². The first-order valence-electron chi connectivity index (χ1n) is 6.42. The van der Waals surface area contributed by atoms with Crippen LogP contribution in [0.4, 0.5) is 5.82 Å². The summed E-state index contributed by atoms with van der Waals surface area (Å²) < 4.78 is 1.95. The van der Waals surface area contributed by atoms with E-state index in [2.05, 4.69) is 15.0 Å². The van der Waals surface area contributed by atoms with Gasteiger partial charge in [-0.25, -0.2) is 15.0 Å². The molecule has 0 unspecified atom stereocenters. The molecule has 19 heavy (non-hydrogen) atoms. The summed E-state index contributed by atoms with van der Waals surface area (Å²) >= 11 is 0. The maximum absolute atomic E-state index is 10.0. The largest absolute Gasteiger partial charge is 0.396 e. The quantitative estimate of drug-likeness (QED) is 0.709. The molecule has 1 fully saturated rings. The number of imidazole rings is 1. The number of nitrogens with two attached hydrogens (primary N) is 1. The van der Waals surface area contributed by atoms with Crippen LogP contribution in [-0.2, 0) is 0 Å². The number of anilines is 1. The van der Waals surface area contributed by atoms with Gasteiger partial charge in [-0.3, -0.25) is 0 Å². The molecule has 0 aromatic carbocycles. The average molecular weight is 263 g/mol. The number of hydrogen-bond acceptors (Lipinski definition) is 6. The van der Waals surface area contributed by atoms with E-state index >= 15 is 0 Å². The van der Waals surface area contributed by atoms with Gasteiger partial charge in [0.05, 0.1) is 12.4 Å². The van der Waals surface area contributed by atoms with Gasteiger partial charge in [-0.1, -0.05) is 0 Å². The normalized spacial score (nSPS) is 27.8. The zero-order valence-corrected chi connectivity index (χ0v) is 10.5. The van der Waals surface area contributed by atoms with Crippen molar-refractivity contribution in [3.63, 3.8) is 0 Å². The molecular formula is C12H17N5O2. The van der Waals surface area contributed by atoms with Crippen LogP contribution >= 0.6 is 0 Å². The van der Waals surface area contributed by atoms with Gasteiger partial charge < -0.3 is 20.5 Å². The Labute approximate surface area is 110 Å². The number of nitrogen functional groups attached to an aromatic ring is 1. The summed E-state index contributed by atoms with van der Waals surface area (Å²) in [6.45, 7) is 0.0354. The second kappa shape index (κ2) is 4.75. The fraction of sp³-hybridized carbons (Fsp3) is 0.583.